The third-order valence-corrected chi connectivity index (χ3v) is 11.5. The van der Waals surface area contributed by atoms with E-state index < -0.39 is 35.8 Å². The fraction of sp³-hybridized carbons (Fsp3) is 0.333. The summed E-state index contributed by atoms with van der Waals surface area (Å²) >= 11 is 0. The molecule has 4 unspecified atom stereocenters. The Labute approximate surface area is 332 Å². The highest BCUT2D eigenvalue weighted by Gasteiger charge is 2.68. The Bertz CT molecular complexity index is 2450. The molecule has 0 bridgehead atoms. The summed E-state index contributed by atoms with van der Waals surface area (Å²) in [6.07, 6.45) is 1.71. The second-order valence-corrected chi connectivity index (χ2v) is 14.4. The number of methoxy groups -OCH3 is 4. The van der Waals surface area contributed by atoms with Crippen molar-refractivity contribution in [2.45, 2.75) is 30.3 Å². The molecular formula is C42H38N2O14. The van der Waals surface area contributed by atoms with Crippen LogP contribution in [-0.4, -0.2) is 90.8 Å². The highest BCUT2D eigenvalue weighted by Crippen LogP contribution is 2.64. The molecule has 1 fully saturated rings. The van der Waals surface area contributed by atoms with Gasteiger partial charge in [0.25, 0.3) is 5.79 Å². The molecule has 1 spiro atoms. The van der Waals surface area contributed by atoms with Crippen molar-refractivity contribution in [3.63, 3.8) is 0 Å². The lowest BCUT2D eigenvalue weighted by Crippen LogP contribution is -2.35. The van der Waals surface area contributed by atoms with Gasteiger partial charge in [-0.2, -0.15) is 10.1 Å². The van der Waals surface area contributed by atoms with Crippen LogP contribution in [0.15, 0.2) is 48.5 Å². The summed E-state index contributed by atoms with van der Waals surface area (Å²) in [7, 11) is 9.63. The first kappa shape index (κ1) is 36.2. The van der Waals surface area contributed by atoms with Gasteiger partial charge >= 0.3 is 11.9 Å². The van der Waals surface area contributed by atoms with Crippen LogP contribution in [0.3, 0.4) is 0 Å². The lowest BCUT2D eigenvalue weighted by Gasteiger charge is -2.28. The maximum atomic E-state index is 13.7. The molecule has 0 radical (unpaired) electrons. The third-order valence-electron chi connectivity index (χ3n) is 11.5. The van der Waals surface area contributed by atoms with Crippen molar-refractivity contribution in [2.24, 2.45) is 0 Å². The summed E-state index contributed by atoms with van der Waals surface area (Å²) in [5, 5.41) is 3.47. The van der Waals surface area contributed by atoms with Crippen molar-refractivity contribution in [2.75, 3.05) is 62.7 Å². The second kappa shape index (κ2) is 13.4. The van der Waals surface area contributed by atoms with E-state index in [4.69, 9.17) is 57.0 Å². The number of cyclic esters (lactones) is 1. The van der Waals surface area contributed by atoms with Gasteiger partial charge in [0.15, 0.2) is 46.0 Å². The van der Waals surface area contributed by atoms with Crippen LogP contribution in [0.5, 0.6) is 46.0 Å². The molecule has 5 heterocycles. The molecule has 16 nitrogen and oxygen atoms in total. The molecule has 58 heavy (non-hydrogen) atoms. The van der Waals surface area contributed by atoms with Gasteiger partial charge < -0.3 is 47.4 Å². The van der Waals surface area contributed by atoms with Crippen LogP contribution < -0.4 is 37.9 Å². The van der Waals surface area contributed by atoms with Gasteiger partial charge in [0.05, 0.1) is 40.4 Å². The number of nitrogens with zero attached hydrogens (tertiary/aromatic N) is 2. The van der Waals surface area contributed by atoms with Crippen molar-refractivity contribution in [1.29, 1.82) is 0 Å². The number of rotatable bonds is 10. The van der Waals surface area contributed by atoms with Crippen LogP contribution in [-0.2, 0) is 31.4 Å². The Balaban J connectivity index is 0.969. The number of carbonyl (C=O) groups excluding carboxylic acids is 2. The predicted octanol–water partition coefficient (Wildman–Crippen LogP) is 5.36. The van der Waals surface area contributed by atoms with Crippen molar-refractivity contribution in [3.8, 4) is 46.0 Å². The summed E-state index contributed by atoms with van der Waals surface area (Å²) in [6.45, 7) is 0.593. The Morgan fingerprint density at radius 3 is 2.12 bits per heavy atom. The first-order chi connectivity index (χ1) is 28.2. The number of hydrogen-bond acceptors (Lipinski definition) is 16. The van der Waals surface area contributed by atoms with Crippen LogP contribution in [0.1, 0.15) is 66.1 Å². The number of hydrogen-bond donors (Lipinski definition) is 0. The van der Waals surface area contributed by atoms with Gasteiger partial charge in [0.1, 0.15) is 23.0 Å². The van der Waals surface area contributed by atoms with Gasteiger partial charge in [-0.05, 0) is 83.3 Å². The standard InChI is InChI=1S/C42H38N2O14/c1-43(12-11-20-13-29-30(52-18-51-29)15-21(20)14-28-22-7-9-26(47-3)38(49-5)33(22)40(45)55-28)57-37-24-17-32-31(53-19-54-32)16-23(24)35-36(37)44(2)58-42(35)25-8-10-27(48-4)39(50-6)34(25)41(46)56-42/h7-10,13-17,35-37H,11-12,18-19H2,1-6H3. The van der Waals surface area contributed by atoms with Crippen molar-refractivity contribution in [3.05, 3.63) is 93.0 Å². The molecule has 300 valence electrons. The molecule has 4 atom stereocenters. The number of ether oxygens (including phenoxy) is 10. The fourth-order valence-corrected chi connectivity index (χ4v) is 8.94. The van der Waals surface area contributed by atoms with Gasteiger partial charge in [-0.3, -0.25) is 4.84 Å². The quantitative estimate of drug-likeness (QED) is 0.150. The summed E-state index contributed by atoms with van der Waals surface area (Å²) in [5.41, 5.74) is 4.96. The van der Waals surface area contributed by atoms with Crippen LogP contribution in [0.25, 0.3) is 11.8 Å². The number of benzene rings is 4. The number of likely N-dealkylation sites (N-methyl/N-ethyl adjacent to an activating group) is 2. The number of hydroxylamine groups is 4. The molecule has 0 amide bonds. The SMILES string of the molecule is COc1ccc2c(c1OC)C(=O)OC2=Cc1cc2c(cc1CCN(C)OC1c3cc4c(cc3C3C1N(C)OC31OC(=O)c3c1ccc(OC)c3OC)OCO4)OCO2. The Kier molecular flexibility index (Phi) is 8.38. The number of fused-ring (bicyclic) bond motifs is 9. The van der Waals surface area contributed by atoms with Gasteiger partial charge in [0.2, 0.25) is 13.6 Å². The van der Waals surface area contributed by atoms with Gasteiger partial charge in [0, 0.05) is 31.8 Å². The van der Waals surface area contributed by atoms with Crippen LogP contribution in [0.2, 0.25) is 0 Å². The lowest BCUT2D eigenvalue weighted by molar-refractivity contribution is -0.291. The molecule has 4 aromatic carbocycles. The van der Waals surface area contributed by atoms with E-state index in [1.807, 2.05) is 37.4 Å². The molecule has 0 N–H and O–H groups in total. The van der Waals surface area contributed by atoms with Crippen molar-refractivity contribution >= 4 is 23.8 Å². The van der Waals surface area contributed by atoms with E-state index in [0.717, 1.165) is 22.3 Å². The molecule has 0 aromatic heterocycles. The average molecular weight is 795 g/mol. The number of carbonyl (C=O) groups is 2. The molecule has 1 aliphatic carbocycles. The minimum Gasteiger partial charge on any atom is -0.493 e. The zero-order valence-corrected chi connectivity index (χ0v) is 32.4. The zero-order valence-electron chi connectivity index (χ0n) is 32.4. The summed E-state index contributed by atoms with van der Waals surface area (Å²) in [6, 6.07) is 14.2. The number of esters is 2. The Morgan fingerprint density at radius 2 is 1.43 bits per heavy atom. The molecule has 10 rings (SSSR count). The van der Waals surface area contributed by atoms with Crippen LogP contribution in [0, 0.1) is 0 Å². The average Bonchev–Trinajstić information content (AvgIpc) is 4.08. The topological polar surface area (TPSA) is 151 Å². The van der Waals surface area contributed by atoms with E-state index in [-0.39, 0.29) is 24.9 Å². The first-order valence-corrected chi connectivity index (χ1v) is 18.5. The monoisotopic (exact) mass is 794 g/mol. The minimum atomic E-state index is -1.53. The van der Waals surface area contributed by atoms with E-state index in [0.29, 0.717) is 75.7 Å². The third kappa shape index (κ3) is 5.22. The lowest BCUT2D eigenvalue weighted by atomic mass is 9.84. The molecule has 4 aromatic rings. The molecule has 5 aliphatic heterocycles. The maximum absolute atomic E-state index is 13.7. The molecular weight excluding hydrogens is 756 g/mol. The Morgan fingerprint density at radius 1 is 0.793 bits per heavy atom. The Hall–Kier alpha value is -6.20. The summed E-state index contributed by atoms with van der Waals surface area (Å²) < 4.78 is 57.2. The van der Waals surface area contributed by atoms with Crippen LogP contribution >= 0.6 is 0 Å². The van der Waals surface area contributed by atoms with Gasteiger partial charge in [-0.25, -0.2) is 14.4 Å². The van der Waals surface area contributed by atoms with Crippen molar-refractivity contribution < 1.29 is 66.6 Å². The largest absolute Gasteiger partial charge is 0.493 e. The summed E-state index contributed by atoms with van der Waals surface area (Å²) in [4.78, 5) is 40.2. The van der Waals surface area contributed by atoms with E-state index in [2.05, 4.69) is 0 Å². The molecule has 0 saturated carbocycles. The van der Waals surface area contributed by atoms with E-state index in [1.54, 1.807) is 41.4 Å². The predicted molar refractivity (Wildman–Crippen MR) is 200 cm³/mol. The maximum Gasteiger partial charge on any atom is 0.348 e. The zero-order chi connectivity index (χ0) is 40.0. The normalized spacial score (nSPS) is 23.6. The highest BCUT2D eigenvalue weighted by molar-refractivity contribution is 6.08. The molecule has 1 saturated heterocycles. The van der Waals surface area contributed by atoms with Gasteiger partial charge in [-0.1, -0.05) is 0 Å². The van der Waals surface area contributed by atoms with E-state index in [9.17, 15) is 9.59 Å². The van der Waals surface area contributed by atoms with Gasteiger partial charge in [-0.15, -0.1) is 0 Å². The first-order valence-electron chi connectivity index (χ1n) is 18.5. The second-order valence-electron chi connectivity index (χ2n) is 14.4. The molecule has 6 aliphatic rings. The minimum absolute atomic E-state index is 0.0780. The van der Waals surface area contributed by atoms with Crippen LogP contribution in [0.4, 0.5) is 0 Å². The van der Waals surface area contributed by atoms with Crippen molar-refractivity contribution in [1.82, 2.24) is 10.1 Å². The van der Waals surface area contributed by atoms with E-state index in [1.165, 1.54) is 28.4 Å². The highest BCUT2D eigenvalue weighted by atomic mass is 16.8. The summed E-state index contributed by atoms with van der Waals surface area (Å²) in [5.74, 6) is 0.903. The fourth-order valence-electron chi connectivity index (χ4n) is 8.94. The smallest absolute Gasteiger partial charge is 0.348 e. The molecule has 16 heteroatoms. The van der Waals surface area contributed by atoms with E-state index >= 15 is 0 Å².